The van der Waals surface area contributed by atoms with Crippen molar-refractivity contribution >= 4 is 17.3 Å². The minimum atomic E-state index is -0.365. The van der Waals surface area contributed by atoms with Gasteiger partial charge in [-0.2, -0.15) is 0 Å². The number of hydrogen-bond acceptors (Lipinski definition) is 4. The quantitative estimate of drug-likeness (QED) is 0.319. The van der Waals surface area contributed by atoms with Crippen LogP contribution < -0.4 is 10.6 Å². The van der Waals surface area contributed by atoms with E-state index in [9.17, 15) is 13.6 Å². The number of hydrogen-bond donors (Lipinski definition) is 2. The second-order valence-corrected chi connectivity index (χ2v) is 11.1. The molecule has 5 nitrogen and oxygen atoms in total. The summed E-state index contributed by atoms with van der Waals surface area (Å²) in [4.78, 5) is 15.9. The normalized spacial score (nSPS) is 25.4. The molecular formula is C32H35F2N3O2. The number of carbonyl (C=O) groups excluding carboxylic acids is 1. The van der Waals surface area contributed by atoms with Gasteiger partial charge in [0, 0.05) is 35.6 Å². The van der Waals surface area contributed by atoms with Gasteiger partial charge in [-0.25, -0.2) is 8.78 Å². The number of halogens is 2. The molecule has 2 aliphatic heterocycles. The number of ether oxygens (including phenoxy) is 1. The van der Waals surface area contributed by atoms with E-state index in [1.165, 1.54) is 43.9 Å². The number of anilines is 2. The van der Waals surface area contributed by atoms with E-state index < -0.39 is 0 Å². The summed E-state index contributed by atoms with van der Waals surface area (Å²) in [5.74, 6) is -1.06. The Morgan fingerprint density at radius 2 is 1.62 bits per heavy atom. The second-order valence-electron chi connectivity index (χ2n) is 11.1. The lowest BCUT2D eigenvalue weighted by molar-refractivity contribution is -0.124. The van der Waals surface area contributed by atoms with Crippen LogP contribution in [0.5, 0.6) is 0 Å². The van der Waals surface area contributed by atoms with Crippen molar-refractivity contribution in [2.24, 2.45) is 5.92 Å². The molecule has 1 aliphatic carbocycles. The van der Waals surface area contributed by atoms with Crippen molar-refractivity contribution in [3.8, 4) is 0 Å². The zero-order valence-corrected chi connectivity index (χ0v) is 22.2. The summed E-state index contributed by atoms with van der Waals surface area (Å²) in [5, 5.41) is 6.63. The molecule has 0 aromatic heterocycles. The van der Waals surface area contributed by atoms with E-state index in [1.807, 2.05) is 13.0 Å². The fourth-order valence-corrected chi connectivity index (χ4v) is 6.43. The Morgan fingerprint density at radius 3 is 2.33 bits per heavy atom. The molecule has 0 radical (unpaired) electrons. The molecule has 0 spiro atoms. The van der Waals surface area contributed by atoms with E-state index in [1.54, 1.807) is 18.2 Å². The third-order valence-corrected chi connectivity index (χ3v) is 8.45. The molecule has 7 heteroatoms. The fourth-order valence-electron chi connectivity index (χ4n) is 6.43. The van der Waals surface area contributed by atoms with Gasteiger partial charge >= 0.3 is 0 Å². The average molecular weight is 532 g/mol. The smallest absolute Gasteiger partial charge is 0.229 e. The molecule has 204 valence electrons. The molecule has 2 unspecified atom stereocenters. The van der Waals surface area contributed by atoms with Crippen molar-refractivity contribution < 1.29 is 18.3 Å². The van der Waals surface area contributed by atoms with Crippen molar-refractivity contribution in [3.63, 3.8) is 0 Å². The van der Waals surface area contributed by atoms with Crippen molar-refractivity contribution in [3.05, 3.63) is 95.1 Å². The first-order chi connectivity index (χ1) is 19.0. The molecule has 0 bridgehead atoms. The molecule has 3 fully saturated rings. The van der Waals surface area contributed by atoms with Crippen LogP contribution in [0, 0.1) is 24.5 Å². The fraction of sp³-hybridized carbons (Fsp3) is 0.406. The molecule has 1 amide bonds. The molecule has 4 atom stereocenters. The average Bonchev–Trinajstić information content (AvgIpc) is 3.54. The zero-order chi connectivity index (χ0) is 26.9. The summed E-state index contributed by atoms with van der Waals surface area (Å²) in [6, 6.07) is 19.6. The van der Waals surface area contributed by atoms with Crippen LogP contribution in [0.4, 0.5) is 20.2 Å². The lowest BCUT2D eigenvalue weighted by Crippen LogP contribution is -2.45. The Bertz CT molecular complexity index is 1290. The summed E-state index contributed by atoms with van der Waals surface area (Å²) in [6.45, 7) is 2.65. The van der Waals surface area contributed by atoms with Gasteiger partial charge in [0.2, 0.25) is 5.91 Å². The predicted octanol–water partition coefficient (Wildman–Crippen LogP) is 7.12. The largest absolute Gasteiger partial charge is 0.382 e. The first kappa shape index (κ1) is 26.0. The van der Waals surface area contributed by atoms with Crippen LogP contribution in [-0.2, 0) is 9.53 Å². The SMILES string of the molecule is Cc1cccc(F)c1C1OC1N1CCC[C@H](C(=O)Nc2ccc(F)cc2)[C@@H]1c1ccc(NC2CCCC2)cc1. The summed E-state index contributed by atoms with van der Waals surface area (Å²) >= 11 is 0. The van der Waals surface area contributed by atoms with E-state index in [-0.39, 0.29) is 41.8 Å². The molecule has 1 saturated carbocycles. The summed E-state index contributed by atoms with van der Waals surface area (Å²) in [6.07, 6.45) is 5.79. The molecule has 2 saturated heterocycles. The number of piperidine rings is 1. The van der Waals surface area contributed by atoms with Gasteiger partial charge in [-0.05, 0) is 86.2 Å². The van der Waals surface area contributed by atoms with E-state index in [2.05, 4.69) is 39.8 Å². The van der Waals surface area contributed by atoms with Gasteiger partial charge in [-0.1, -0.05) is 37.1 Å². The number of likely N-dealkylation sites (tertiary alicyclic amines) is 1. The number of aryl methyl sites for hydroxylation is 1. The summed E-state index contributed by atoms with van der Waals surface area (Å²) in [5.41, 5.74) is 4.14. The van der Waals surface area contributed by atoms with Crippen LogP contribution in [0.15, 0.2) is 66.7 Å². The maximum Gasteiger partial charge on any atom is 0.229 e. The minimum Gasteiger partial charge on any atom is -0.382 e. The standard InChI is InChI=1S/C32H35F2N3O2/c1-20-6-4-10-27(34)28(20)30-32(39-30)37-19-5-9-26(31(38)36-25-17-13-22(33)14-18-25)29(37)21-11-15-24(16-12-21)35-23-7-2-3-8-23/h4,6,10-18,23,26,29-30,32,35H,2-3,5,7-9,19H2,1H3,(H,36,38)/t26-,29-,30?,32?/m0/s1. The molecule has 3 aliphatic rings. The van der Waals surface area contributed by atoms with Gasteiger partial charge in [-0.3, -0.25) is 9.69 Å². The molecular weight excluding hydrogens is 496 g/mol. The Kier molecular flexibility index (Phi) is 7.36. The van der Waals surface area contributed by atoms with Crippen molar-refractivity contribution in [2.75, 3.05) is 17.2 Å². The van der Waals surface area contributed by atoms with Crippen LogP contribution in [0.2, 0.25) is 0 Å². The maximum absolute atomic E-state index is 14.8. The number of nitrogens with one attached hydrogen (secondary N) is 2. The summed E-state index contributed by atoms with van der Waals surface area (Å²) < 4.78 is 34.4. The predicted molar refractivity (Wildman–Crippen MR) is 148 cm³/mol. The minimum absolute atomic E-state index is 0.108. The zero-order valence-electron chi connectivity index (χ0n) is 22.2. The van der Waals surface area contributed by atoms with Gasteiger partial charge in [0.15, 0.2) is 0 Å². The molecule has 6 rings (SSSR count). The number of rotatable bonds is 7. The lowest BCUT2D eigenvalue weighted by atomic mass is 9.83. The van der Waals surface area contributed by atoms with Crippen molar-refractivity contribution in [1.82, 2.24) is 4.90 Å². The van der Waals surface area contributed by atoms with Gasteiger partial charge in [-0.15, -0.1) is 0 Å². The van der Waals surface area contributed by atoms with E-state index in [0.29, 0.717) is 23.7 Å². The lowest BCUT2D eigenvalue weighted by Gasteiger charge is -2.40. The molecule has 2 heterocycles. The highest BCUT2D eigenvalue weighted by atomic mass is 19.1. The first-order valence-corrected chi connectivity index (χ1v) is 14.1. The highest BCUT2D eigenvalue weighted by molar-refractivity contribution is 5.93. The van der Waals surface area contributed by atoms with Gasteiger partial charge < -0.3 is 15.4 Å². The highest BCUT2D eigenvalue weighted by Crippen LogP contribution is 2.50. The molecule has 39 heavy (non-hydrogen) atoms. The Morgan fingerprint density at radius 1 is 0.897 bits per heavy atom. The van der Waals surface area contributed by atoms with E-state index >= 15 is 0 Å². The number of carbonyl (C=O) groups is 1. The third-order valence-electron chi connectivity index (χ3n) is 8.45. The van der Waals surface area contributed by atoms with Gasteiger partial charge in [0.25, 0.3) is 0 Å². The molecule has 2 N–H and O–H groups in total. The van der Waals surface area contributed by atoms with E-state index in [0.717, 1.165) is 29.8 Å². The first-order valence-electron chi connectivity index (χ1n) is 14.1. The van der Waals surface area contributed by atoms with Crippen molar-refractivity contribution in [1.29, 1.82) is 0 Å². The number of benzene rings is 3. The van der Waals surface area contributed by atoms with Crippen LogP contribution >= 0.6 is 0 Å². The molecule has 3 aromatic rings. The second kappa shape index (κ2) is 11.1. The number of epoxide rings is 1. The third kappa shape index (κ3) is 5.56. The van der Waals surface area contributed by atoms with Crippen molar-refractivity contribution in [2.45, 2.75) is 69.9 Å². The number of nitrogens with zero attached hydrogens (tertiary/aromatic N) is 1. The molecule has 3 aromatic carbocycles. The van der Waals surface area contributed by atoms with Crippen LogP contribution in [0.25, 0.3) is 0 Å². The van der Waals surface area contributed by atoms with Gasteiger partial charge in [0.1, 0.15) is 24.0 Å². The summed E-state index contributed by atoms with van der Waals surface area (Å²) in [7, 11) is 0. The Hall–Kier alpha value is -3.29. The van der Waals surface area contributed by atoms with Gasteiger partial charge in [0.05, 0.1) is 5.92 Å². The number of amides is 1. The van der Waals surface area contributed by atoms with Crippen LogP contribution in [-0.4, -0.2) is 29.6 Å². The Balaban J connectivity index is 1.28. The highest BCUT2D eigenvalue weighted by Gasteiger charge is 2.52. The Labute approximate surface area is 228 Å². The van der Waals surface area contributed by atoms with Crippen LogP contribution in [0.1, 0.15) is 67.4 Å². The van der Waals surface area contributed by atoms with Crippen LogP contribution in [0.3, 0.4) is 0 Å². The topological polar surface area (TPSA) is 56.9 Å². The monoisotopic (exact) mass is 531 g/mol. The van der Waals surface area contributed by atoms with E-state index in [4.69, 9.17) is 4.74 Å². The maximum atomic E-state index is 14.8.